The molecule has 3 saturated carbocycles. The molecule has 706 valence electrons. The van der Waals surface area contributed by atoms with E-state index in [1.54, 1.807) is 16.0 Å². The van der Waals surface area contributed by atoms with Crippen molar-refractivity contribution in [3.8, 4) is 19.5 Å². The van der Waals surface area contributed by atoms with Crippen molar-refractivity contribution >= 4 is 157 Å². The van der Waals surface area contributed by atoms with Gasteiger partial charge in [-0.2, -0.15) is 0 Å². The highest BCUT2D eigenvalue weighted by Gasteiger charge is 2.43. The first-order valence-electron chi connectivity index (χ1n) is 51.6. The first-order chi connectivity index (χ1) is 66.7. The van der Waals surface area contributed by atoms with Gasteiger partial charge in [-0.3, -0.25) is 33.9 Å². The number of carbonyl (C=O) groups is 5. The van der Waals surface area contributed by atoms with Crippen LogP contribution < -0.4 is 14.5 Å². The molecule has 9 heterocycles. The molecular weight excluding hydrogens is 1740 g/mol. The van der Waals surface area contributed by atoms with Crippen molar-refractivity contribution in [2.45, 2.75) is 284 Å². The quantitative estimate of drug-likeness (QED) is 0.00564. The molecule has 0 radical (unpaired) electrons. The number of aryl methyl sites for hydroxylation is 1. The highest BCUT2D eigenvalue weighted by atomic mass is 32.1. The summed E-state index contributed by atoms with van der Waals surface area (Å²) in [6.45, 7) is 20.6. The molecule has 3 aliphatic carbocycles. The zero-order valence-corrected chi connectivity index (χ0v) is 82.8. The second kappa shape index (κ2) is 43.3. The number of unbranched alkanes of at least 4 members (excludes halogenated alkanes) is 20. The molecule has 0 saturated heterocycles. The van der Waals surface area contributed by atoms with Crippen LogP contribution in [0.2, 0.25) is 0 Å². The molecule has 5 amide bonds. The van der Waals surface area contributed by atoms with Gasteiger partial charge >= 0.3 is 6.67 Å². The van der Waals surface area contributed by atoms with Crippen molar-refractivity contribution < 1.29 is 47.3 Å². The minimum absolute atomic E-state index is 0.00382. The number of aromatic nitrogens is 4. The number of carbonyl (C=O) groups excluding carboxylic acids is 5. The number of fused-ring (bicyclic) bond motifs is 6. The summed E-state index contributed by atoms with van der Waals surface area (Å²) >= 11 is 5.81. The fraction of sp³-hybridized carbons (Fsp3) is 0.453. The molecule has 0 spiro atoms. The maximum Gasteiger partial charge on any atom is 0.345 e. The third-order valence-electron chi connectivity index (χ3n) is 30.7. The minimum Gasteiger partial charge on any atom is -0.357 e. The largest absolute Gasteiger partial charge is 0.357 e. The average molecular weight is 1880 g/mol. The topological polar surface area (TPSA) is 177 Å². The summed E-state index contributed by atoms with van der Waals surface area (Å²) in [4.78, 5) is 101. The van der Waals surface area contributed by atoms with Gasteiger partial charge < -0.3 is 19.5 Å². The molecule has 13 aromatic rings. The Bertz CT molecular complexity index is 6600. The fourth-order valence-corrected chi connectivity index (χ4v) is 26.9. The molecule has 3 aliphatic heterocycles. The number of aliphatic imine (C=N–C) groups is 1. The molecule has 7 aromatic carbocycles. The second-order valence-corrected chi connectivity index (χ2v) is 43.2. The number of rotatable bonds is 48. The van der Waals surface area contributed by atoms with Gasteiger partial charge in [-0.15, -0.1) is 56.3 Å². The summed E-state index contributed by atoms with van der Waals surface area (Å²) in [5.74, 6) is -0.837. The normalized spacial score (nSPS) is 20.0. The van der Waals surface area contributed by atoms with Gasteiger partial charge in [-0.25, -0.2) is 14.9 Å². The van der Waals surface area contributed by atoms with E-state index in [1.165, 1.54) is 145 Å². The number of nitrogens with one attached hydrogen (secondary N) is 1. The highest BCUT2D eigenvalue weighted by Crippen LogP contribution is 2.51. The van der Waals surface area contributed by atoms with Gasteiger partial charge in [0.25, 0.3) is 40.6 Å². The molecule has 136 heavy (non-hydrogen) atoms. The van der Waals surface area contributed by atoms with Gasteiger partial charge in [0.15, 0.2) is 12.4 Å². The lowest BCUT2D eigenvalue weighted by molar-refractivity contribution is -0.872. The summed E-state index contributed by atoms with van der Waals surface area (Å²) < 4.78 is 25.0. The van der Waals surface area contributed by atoms with Crippen molar-refractivity contribution in [1.29, 1.82) is 0 Å². The van der Waals surface area contributed by atoms with E-state index in [9.17, 15) is 4.79 Å². The monoisotopic (exact) mass is 1870 g/mol. The molecular formula is C117H134N8O8S3+2. The Kier molecular flexibility index (Phi) is 30.1. The minimum atomic E-state index is -0.420. The predicted octanol–water partition coefficient (Wildman–Crippen LogP) is 28.4. The summed E-state index contributed by atoms with van der Waals surface area (Å²) in [6.07, 6.45) is 57.0. The van der Waals surface area contributed by atoms with Crippen LogP contribution in [0.15, 0.2) is 182 Å². The Hall–Kier alpha value is -10.4. The Balaban J connectivity index is 0.535. The van der Waals surface area contributed by atoms with E-state index in [2.05, 4.69) is 154 Å². The standard InChI is InChI=1S/C117H133N8O8S3/c1-8-14-18-22-26-30-36-82(37-31-27-23-19-15-9-2)125-116(129)92-55-51-86-84-49-53-90-105-91(54-50-85(103(84)105)87-52-56-93(117(125)130)106(92)104(86)87)115(128)124(114(90)127)73-133-98-66-76(63-78(98)13-6)43-46-80-64-77(67-100(80)132-71-119-113(126)81-47-57-96-97(68-81)121-108-95-41-35-61-123-72-122-60-34-40-94(107(108)120-96)109(122)110(95)123)44-45-79-62-75(12-5)65-99(79)131-70-118-69-83-48-59-102(135-83)112-89(39-33-29-25-21-17-11-4)88(38-32-28-24-20-16-10-3)111(136-112)101-58-42-74(7)134-101/h12-13,34-35,40-61,68-69,75-80,82,98-100H,5-6,8-11,14-33,36-39,62-67,70-73H2,1-4,7H3/q+1/p+1/b45-44-,46-43-,118-69+. The zero-order valence-electron chi connectivity index (χ0n) is 80.3. The van der Waals surface area contributed by atoms with Gasteiger partial charge in [0.1, 0.15) is 31.2 Å². The molecule has 9 unspecified atom stereocenters. The predicted molar refractivity (Wildman–Crippen MR) is 558 cm³/mol. The smallest absolute Gasteiger partial charge is 0.345 e. The number of nitrogens with zero attached hydrogens (tertiary/aromatic N) is 7. The van der Waals surface area contributed by atoms with E-state index in [0.717, 1.165) is 173 Å². The van der Waals surface area contributed by atoms with Crippen LogP contribution in [0.1, 0.15) is 306 Å². The van der Waals surface area contributed by atoms with E-state index in [0.29, 0.717) is 62.0 Å². The Morgan fingerprint density at radius 2 is 0.956 bits per heavy atom. The maximum atomic E-state index is 15.1. The van der Waals surface area contributed by atoms with Crippen LogP contribution >= 0.6 is 34.0 Å². The van der Waals surface area contributed by atoms with Crippen LogP contribution in [0.3, 0.4) is 0 Å². The van der Waals surface area contributed by atoms with Crippen molar-refractivity contribution in [3.63, 3.8) is 0 Å². The average Bonchev–Trinajstić information content (AvgIpc) is 0.965. The van der Waals surface area contributed by atoms with Crippen molar-refractivity contribution in [1.82, 2.24) is 25.1 Å². The van der Waals surface area contributed by atoms with Gasteiger partial charge in [0.05, 0.1) is 40.1 Å². The summed E-state index contributed by atoms with van der Waals surface area (Å²) in [5.41, 5.74) is 10.8. The second-order valence-electron chi connectivity index (χ2n) is 39.8. The number of hydrogen-bond donors (Lipinski definition) is 1. The molecule has 1 N–H and O–H groups in total. The fourth-order valence-electron chi connectivity index (χ4n) is 23.5. The molecule has 19 rings (SSSR count). The molecule has 9 atom stereocenters. The van der Waals surface area contributed by atoms with E-state index in [1.807, 2.05) is 113 Å². The number of thiophene rings is 3. The molecule has 6 aliphatic rings. The molecule has 6 aromatic heterocycles. The van der Waals surface area contributed by atoms with E-state index in [4.69, 9.17) is 29.2 Å². The Labute approximate surface area is 813 Å². The number of benzene rings is 7. The van der Waals surface area contributed by atoms with Gasteiger partial charge in [-0.1, -0.05) is 230 Å². The lowest BCUT2D eigenvalue weighted by Gasteiger charge is -2.35. The van der Waals surface area contributed by atoms with E-state index in [-0.39, 0.29) is 91.9 Å². The SMILES string of the molecule is C=CC1CC(/C=C\C2CC(/C=C\C3CC(C=C)C(OCN4C(=O)c5ccc6c7ccc8c9c(ccc(c%10ccc(c5c6%10)C4=O)c97)C(=O)N(C(CCCCCCCC)CCCCCCCC)C8=O)C3)C(OCNC(=O)c3ccc4nc5c6ccc[n+]7c6c6c(ccc[n+]6C7)c5nc4c3)C2)C(OC/N=C/c2ccc(-c3sc(-c4ccc(C)s4)c(CCCCCCCC)c3CCCCCCCC)s2)C1. The lowest BCUT2D eigenvalue weighted by Crippen LogP contribution is -2.47. The maximum absolute atomic E-state index is 15.1. The van der Waals surface area contributed by atoms with E-state index >= 15 is 19.2 Å². The first-order valence-corrected chi connectivity index (χ1v) is 54.0. The van der Waals surface area contributed by atoms with Crippen LogP contribution in [0.25, 0.3) is 106 Å². The number of hydrogen-bond acceptors (Lipinski definition) is 14. The molecule has 0 bridgehead atoms. The van der Waals surface area contributed by atoms with Crippen molar-refractivity contribution in [2.24, 2.45) is 40.5 Å². The van der Waals surface area contributed by atoms with Crippen molar-refractivity contribution in [3.05, 3.63) is 226 Å². The van der Waals surface area contributed by atoms with Crippen LogP contribution in [-0.4, -0.2) is 100 Å². The summed E-state index contributed by atoms with van der Waals surface area (Å²) in [5, 5.41) is 11.6. The summed E-state index contributed by atoms with van der Waals surface area (Å²) in [7, 11) is 0. The van der Waals surface area contributed by atoms with Crippen LogP contribution in [-0.2, 0) is 33.7 Å². The van der Waals surface area contributed by atoms with Crippen LogP contribution in [0, 0.1) is 42.4 Å². The van der Waals surface area contributed by atoms with E-state index < -0.39 is 11.8 Å². The molecule has 19 heteroatoms. The molecule has 3 fully saturated rings. The van der Waals surface area contributed by atoms with Gasteiger partial charge in [0, 0.05) is 110 Å². The van der Waals surface area contributed by atoms with Crippen LogP contribution in [0.5, 0.6) is 0 Å². The molecule has 16 nitrogen and oxygen atoms in total. The number of pyridine rings is 2. The first kappa shape index (κ1) is 94.6. The number of allylic oxidation sites excluding steroid dienone is 3. The van der Waals surface area contributed by atoms with Gasteiger partial charge in [0.2, 0.25) is 0 Å². The number of amides is 5. The highest BCUT2D eigenvalue weighted by molar-refractivity contribution is 7.27. The van der Waals surface area contributed by atoms with Gasteiger partial charge in [-0.05, 0) is 224 Å². The third kappa shape index (κ3) is 19.5. The Morgan fingerprint density at radius 1 is 0.478 bits per heavy atom. The number of imide groups is 2. The van der Waals surface area contributed by atoms with Crippen LogP contribution in [0.4, 0.5) is 0 Å². The number of ether oxygens (including phenoxy) is 3. The summed E-state index contributed by atoms with van der Waals surface area (Å²) in [6, 6.07) is 38.4. The Morgan fingerprint density at radius 3 is 1.49 bits per heavy atom. The van der Waals surface area contributed by atoms with Crippen molar-refractivity contribution in [2.75, 3.05) is 20.2 Å². The third-order valence-corrected chi connectivity index (χ3v) is 34.3. The zero-order chi connectivity index (χ0) is 93.5. The lowest BCUT2D eigenvalue weighted by atomic mass is 9.82.